The van der Waals surface area contributed by atoms with Gasteiger partial charge in [-0.2, -0.15) is 0 Å². The van der Waals surface area contributed by atoms with Crippen LogP contribution in [0.4, 0.5) is 0 Å². The van der Waals surface area contributed by atoms with Gasteiger partial charge in [0.1, 0.15) is 0 Å². The van der Waals surface area contributed by atoms with Crippen LogP contribution in [0.1, 0.15) is 73.6 Å². The number of likely N-dealkylation sites (tertiary alicyclic amines) is 1. The molecule has 0 aromatic rings. The van der Waals surface area contributed by atoms with Crippen LogP contribution in [0.25, 0.3) is 0 Å². The number of likely N-dealkylation sites (N-methyl/N-ethyl adjacent to an activating group) is 1. The fraction of sp³-hybridized carbons (Fsp3) is 1.00. The molecular formula is C19H38N2. The second kappa shape index (κ2) is 6.58. The summed E-state index contributed by atoms with van der Waals surface area (Å²) in [5.74, 6) is 0.882. The third kappa shape index (κ3) is 4.45. The molecule has 0 amide bonds. The number of rotatable bonds is 3. The summed E-state index contributed by atoms with van der Waals surface area (Å²) in [6, 6.07) is 1.48. The molecule has 1 N–H and O–H groups in total. The molecule has 1 aliphatic carbocycles. The Morgan fingerprint density at radius 1 is 1.10 bits per heavy atom. The standard InChI is InChI=1S/C19H38N2/c1-7-20-16-9-8-15(18(2,3)4)14-17(16)21-12-10-19(5,6)11-13-21/h15-17,20H,7-14H2,1-6H3. The maximum absolute atomic E-state index is 3.78. The van der Waals surface area contributed by atoms with Gasteiger partial charge >= 0.3 is 0 Å². The Balaban J connectivity index is 2.04. The summed E-state index contributed by atoms with van der Waals surface area (Å²) >= 11 is 0. The number of nitrogens with zero attached hydrogens (tertiary/aromatic N) is 1. The summed E-state index contributed by atoms with van der Waals surface area (Å²) in [5.41, 5.74) is 1.02. The van der Waals surface area contributed by atoms with E-state index >= 15 is 0 Å². The van der Waals surface area contributed by atoms with Gasteiger partial charge in [-0.15, -0.1) is 0 Å². The number of piperidine rings is 1. The van der Waals surface area contributed by atoms with Gasteiger partial charge in [-0.3, -0.25) is 4.90 Å². The van der Waals surface area contributed by atoms with Gasteiger partial charge in [-0.05, 0) is 68.5 Å². The molecule has 1 heterocycles. The predicted octanol–water partition coefficient (Wildman–Crippen LogP) is 4.30. The van der Waals surface area contributed by atoms with E-state index in [9.17, 15) is 0 Å². The lowest BCUT2D eigenvalue weighted by Crippen LogP contribution is -2.56. The third-order valence-electron chi connectivity index (χ3n) is 6.13. The quantitative estimate of drug-likeness (QED) is 0.835. The Morgan fingerprint density at radius 2 is 1.71 bits per heavy atom. The Kier molecular flexibility index (Phi) is 5.41. The number of hydrogen-bond donors (Lipinski definition) is 1. The molecule has 2 rings (SSSR count). The van der Waals surface area contributed by atoms with Crippen molar-refractivity contribution in [3.05, 3.63) is 0 Å². The molecular weight excluding hydrogens is 256 g/mol. The molecule has 0 spiro atoms. The largest absolute Gasteiger partial charge is 0.313 e. The van der Waals surface area contributed by atoms with E-state index < -0.39 is 0 Å². The van der Waals surface area contributed by atoms with E-state index in [4.69, 9.17) is 0 Å². The van der Waals surface area contributed by atoms with E-state index in [2.05, 4.69) is 51.8 Å². The monoisotopic (exact) mass is 294 g/mol. The lowest BCUT2D eigenvalue weighted by molar-refractivity contribution is 0.0242. The average molecular weight is 295 g/mol. The highest BCUT2D eigenvalue weighted by molar-refractivity contribution is 4.95. The summed E-state index contributed by atoms with van der Waals surface area (Å²) in [6.07, 6.45) is 6.88. The minimum absolute atomic E-state index is 0.463. The molecule has 3 unspecified atom stereocenters. The van der Waals surface area contributed by atoms with E-state index in [1.165, 1.54) is 45.2 Å². The van der Waals surface area contributed by atoms with Crippen molar-refractivity contribution in [2.45, 2.75) is 85.7 Å². The second-order valence-corrected chi connectivity index (χ2v) is 9.31. The van der Waals surface area contributed by atoms with E-state index in [0.717, 1.165) is 24.5 Å². The van der Waals surface area contributed by atoms with Crippen LogP contribution in [0.5, 0.6) is 0 Å². The fourth-order valence-corrected chi connectivity index (χ4v) is 4.30. The van der Waals surface area contributed by atoms with Gasteiger partial charge in [0, 0.05) is 12.1 Å². The zero-order valence-corrected chi connectivity index (χ0v) is 15.3. The number of hydrogen-bond acceptors (Lipinski definition) is 2. The molecule has 1 saturated carbocycles. The summed E-state index contributed by atoms with van der Waals surface area (Å²) < 4.78 is 0. The molecule has 0 aromatic heterocycles. The first-order valence-electron chi connectivity index (χ1n) is 9.20. The second-order valence-electron chi connectivity index (χ2n) is 9.31. The van der Waals surface area contributed by atoms with Crippen molar-refractivity contribution >= 4 is 0 Å². The first-order valence-corrected chi connectivity index (χ1v) is 9.20. The van der Waals surface area contributed by atoms with Gasteiger partial charge in [0.25, 0.3) is 0 Å². The van der Waals surface area contributed by atoms with Crippen LogP contribution in [0.15, 0.2) is 0 Å². The summed E-state index contributed by atoms with van der Waals surface area (Å²) in [4.78, 5) is 2.82. The van der Waals surface area contributed by atoms with E-state index in [0.29, 0.717) is 10.8 Å². The summed E-state index contributed by atoms with van der Waals surface area (Å²) in [6.45, 7) is 18.1. The molecule has 2 heteroatoms. The SMILES string of the molecule is CCNC1CCC(C(C)(C)C)CC1N1CCC(C)(C)CC1. The first kappa shape index (κ1) is 17.3. The minimum atomic E-state index is 0.463. The molecule has 0 aromatic carbocycles. The van der Waals surface area contributed by atoms with Crippen LogP contribution in [-0.2, 0) is 0 Å². The van der Waals surface area contributed by atoms with Crippen molar-refractivity contribution in [2.24, 2.45) is 16.7 Å². The molecule has 21 heavy (non-hydrogen) atoms. The summed E-state index contributed by atoms with van der Waals surface area (Å²) in [5, 5.41) is 3.78. The lowest BCUT2D eigenvalue weighted by atomic mass is 9.68. The highest BCUT2D eigenvalue weighted by Gasteiger charge is 2.39. The zero-order chi connectivity index (χ0) is 15.7. The highest BCUT2D eigenvalue weighted by atomic mass is 15.2. The van der Waals surface area contributed by atoms with Crippen LogP contribution in [0.3, 0.4) is 0 Å². The molecule has 1 saturated heterocycles. The maximum atomic E-state index is 3.78. The summed E-state index contributed by atoms with van der Waals surface area (Å²) in [7, 11) is 0. The van der Waals surface area contributed by atoms with Gasteiger partial charge in [0.2, 0.25) is 0 Å². The molecule has 0 radical (unpaired) electrons. The van der Waals surface area contributed by atoms with E-state index in [-0.39, 0.29) is 0 Å². The van der Waals surface area contributed by atoms with E-state index in [1.54, 1.807) is 0 Å². The number of nitrogens with one attached hydrogen (secondary N) is 1. The minimum Gasteiger partial charge on any atom is -0.313 e. The van der Waals surface area contributed by atoms with Crippen molar-refractivity contribution in [3.63, 3.8) is 0 Å². The molecule has 2 nitrogen and oxygen atoms in total. The molecule has 3 atom stereocenters. The Morgan fingerprint density at radius 3 is 2.24 bits per heavy atom. The normalized spacial score (nSPS) is 34.9. The van der Waals surface area contributed by atoms with Gasteiger partial charge in [0.05, 0.1) is 0 Å². The Bertz CT molecular complexity index is 319. The van der Waals surface area contributed by atoms with Crippen LogP contribution in [0, 0.1) is 16.7 Å². The third-order valence-corrected chi connectivity index (χ3v) is 6.13. The molecule has 0 bridgehead atoms. The van der Waals surface area contributed by atoms with Crippen molar-refractivity contribution in [2.75, 3.05) is 19.6 Å². The lowest BCUT2D eigenvalue weighted by Gasteiger charge is -2.49. The van der Waals surface area contributed by atoms with Gasteiger partial charge < -0.3 is 5.32 Å². The fourth-order valence-electron chi connectivity index (χ4n) is 4.30. The molecule has 2 fully saturated rings. The van der Waals surface area contributed by atoms with Crippen LogP contribution in [0.2, 0.25) is 0 Å². The molecule has 2 aliphatic rings. The van der Waals surface area contributed by atoms with Crippen molar-refractivity contribution in [1.82, 2.24) is 10.2 Å². The highest BCUT2D eigenvalue weighted by Crippen LogP contribution is 2.41. The Labute approximate surface area is 133 Å². The zero-order valence-electron chi connectivity index (χ0n) is 15.3. The maximum Gasteiger partial charge on any atom is 0.0252 e. The molecule has 124 valence electrons. The first-order chi connectivity index (χ1) is 9.73. The smallest absolute Gasteiger partial charge is 0.0252 e. The van der Waals surface area contributed by atoms with Crippen LogP contribution in [-0.4, -0.2) is 36.6 Å². The van der Waals surface area contributed by atoms with Crippen LogP contribution < -0.4 is 5.32 Å². The average Bonchev–Trinajstić information content (AvgIpc) is 2.38. The predicted molar refractivity (Wildman–Crippen MR) is 92.6 cm³/mol. The van der Waals surface area contributed by atoms with E-state index in [1.807, 2.05) is 0 Å². The van der Waals surface area contributed by atoms with Gasteiger partial charge in [-0.1, -0.05) is 41.5 Å². The van der Waals surface area contributed by atoms with Crippen LogP contribution >= 0.6 is 0 Å². The van der Waals surface area contributed by atoms with Gasteiger partial charge in [-0.25, -0.2) is 0 Å². The van der Waals surface area contributed by atoms with Crippen molar-refractivity contribution in [3.8, 4) is 0 Å². The topological polar surface area (TPSA) is 15.3 Å². The molecule has 1 aliphatic heterocycles. The Hall–Kier alpha value is -0.0800. The van der Waals surface area contributed by atoms with Crippen molar-refractivity contribution in [1.29, 1.82) is 0 Å². The van der Waals surface area contributed by atoms with Gasteiger partial charge in [0.15, 0.2) is 0 Å². The van der Waals surface area contributed by atoms with Crippen molar-refractivity contribution < 1.29 is 0 Å².